The summed E-state index contributed by atoms with van der Waals surface area (Å²) in [6, 6.07) is 9.39. The van der Waals surface area contributed by atoms with Gasteiger partial charge < -0.3 is 5.32 Å². The van der Waals surface area contributed by atoms with Crippen molar-refractivity contribution in [1.29, 1.82) is 0 Å². The molecule has 1 N–H and O–H groups in total. The molecule has 0 spiro atoms. The van der Waals surface area contributed by atoms with E-state index in [2.05, 4.69) is 21.2 Å². The van der Waals surface area contributed by atoms with Crippen molar-refractivity contribution in [2.45, 2.75) is 12.7 Å². The van der Waals surface area contributed by atoms with Gasteiger partial charge in [0.1, 0.15) is 5.82 Å². The maximum Gasteiger partial charge on any atom is 0.418 e. The number of para-hydroxylation sites is 1. The fourth-order valence-electron chi connectivity index (χ4n) is 1.79. The van der Waals surface area contributed by atoms with Crippen molar-refractivity contribution in [1.82, 2.24) is 0 Å². The van der Waals surface area contributed by atoms with Gasteiger partial charge in [0.25, 0.3) is 0 Å². The summed E-state index contributed by atoms with van der Waals surface area (Å²) in [6.07, 6.45) is -4.42. The van der Waals surface area contributed by atoms with Crippen LogP contribution in [0, 0.1) is 5.82 Å². The lowest BCUT2D eigenvalue weighted by atomic mass is 10.1. The first-order valence-corrected chi connectivity index (χ1v) is 6.50. The van der Waals surface area contributed by atoms with E-state index in [0.717, 1.165) is 6.07 Å². The number of rotatable bonds is 3. The summed E-state index contributed by atoms with van der Waals surface area (Å²) < 4.78 is 52.1. The van der Waals surface area contributed by atoms with Gasteiger partial charge in [0.2, 0.25) is 0 Å². The molecule has 2 aromatic rings. The molecule has 6 heteroatoms. The van der Waals surface area contributed by atoms with Crippen LogP contribution in [0.3, 0.4) is 0 Å². The predicted octanol–water partition coefficient (Wildman–Crippen LogP) is 5.22. The number of nitrogens with one attached hydrogen (secondary N) is 1. The smallest absolute Gasteiger partial charge is 0.380 e. The molecule has 0 aliphatic rings. The van der Waals surface area contributed by atoms with E-state index >= 15 is 0 Å². The van der Waals surface area contributed by atoms with Gasteiger partial charge in [-0.05, 0) is 35.9 Å². The first-order valence-electron chi connectivity index (χ1n) is 5.71. The summed E-state index contributed by atoms with van der Waals surface area (Å²) in [4.78, 5) is 0. The van der Waals surface area contributed by atoms with Gasteiger partial charge in [0.15, 0.2) is 0 Å². The molecule has 0 unspecified atom stereocenters. The first kappa shape index (κ1) is 14.8. The molecular formula is C14H10BrF4N. The highest BCUT2D eigenvalue weighted by atomic mass is 79.9. The highest BCUT2D eigenvalue weighted by Gasteiger charge is 2.32. The summed E-state index contributed by atoms with van der Waals surface area (Å²) >= 11 is 3.14. The van der Waals surface area contributed by atoms with Gasteiger partial charge >= 0.3 is 6.18 Å². The van der Waals surface area contributed by atoms with E-state index in [-0.39, 0.29) is 12.2 Å². The molecule has 0 heterocycles. The largest absolute Gasteiger partial charge is 0.418 e. The summed E-state index contributed by atoms with van der Waals surface area (Å²) in [5, 5.41) is 2.68. The third kappa shape index (κ3) is 3.72. The Kier molecular flexibility index (Phi) is 4.32. The Morgan fingerprint density at radius 3 is 2.40 bits per heavy atom. The maximum atomic E-state index is 13.2. The second-order valence-corrected chi connectivity index (χ2v) is 5.09. The average molecular weight is 348 g/mol. The van der Waals surface area contributed by atoms with E-state index in [4.69, 9.17) is 0 Å². The maximum absolute atomic E-state index is 13.2. The molecule has 0 atom stereocenters. The minimum Gasteiger partial charge on any atom is -0.380 e. The molecule has 0 fully saturated rings. The van der Waals surface area contributed by atoms with E-state index in [1.165, 1.54) is 30.3 Å². The average Bonchev–Trinajstić information content (AvgIpc) is 2.34. The lowest BCUT2D eigenvalue weighted by Gasteiger charge is -2.14. The monoisotopic (exact) mass is 347 g/mol. The quantitative estimate of drug-likeness (QED) is 0.750. The zero-order valence-electron chi connectivity index (χ0n) is 10.1. The van der Waals surface area contributed by atoms with E-state index in [9.17, 15) is 17.6 Å². The third-order valence-corrected chi connectivity index (χ3v) is 3.10. The molecule has 20 heavy (non-hydrogen) atoms. The van der Waals surface area contributed by atoms with Crippen LogP contribution in [0.15, 0.2) is 46.9 Å². The number of halogens is 5. The number of hydrogen-bond acceptors (Lipinski definition) is 1. The Morgan fingerprint density at radius 1 is 1.05 bits per heavy atom. The summed E-state index contributed by atoms with van der Waals surface area (Å²) in [5.74, 6) is -0.444. The van der Waals surface area contributed by atoms with Crippen LogP contribution < -0.4 is 5.32 Å². The summed E-state index contributed by atoms with van der Waals surface area (Å²) in [5.41, 5.74) is -0.218. The third-order valence-electron chi connectivity index (χ3n) is 2.64. The van der Waals surface area contributed by atoms with E-state index in [0.29, 0.717) is 10.0 Å². The zero-order chi connectivity index (χ0) is 14.8. The van der Waals surface area contributed by atoms with Crippen LogP contribution in [0.2, 0.25) is 0 Å². The molecule has 0 aliphatic carbocycles. The topological polar surface area (TPSA) is 12.0 Å². The van der Waals surface area contributed by atoms with Gasteiger partial charge in [0, 0.05) is 16.7 Å². The van der Waals surface area contributed by atoms with Gasteiger partial charge in [-0.15, -0.1) is 0 Å². The molecule has 0 aliphatic heterocycles. The van der Waals surface area contributed by atoms with Crippen molar-refractivity contribution in [3.05, 3.63) is 63.9 Å². The van der Waals surface area contributed by atoms with Crippen molar-refractivity contribution in [2.75, 3.05) is 5.32 Å². The molecule has 0 saturated carbocycles. The van der Waals surface area contributed by atoms with Crippen molar-refractivity contribution in [3.63, 3.8) is 0 Å². The Labute approximate surface area is 121 Å². The zero-order valence-corrected chi connectivity index (χ0v) is 11.7. The molecule has 106 valence electrons. The second kappa shape index (κ2) is 5.83. The normalized spacial score (nSPS) is 11.4. The standard InChI is InChI=1S/C14H10BrF4N/c15-10-5-9(6-11(16)7-10)8-20-13-4-2-1-3-12(13)14(17,18)19/h1-7,20H,8H2. The van der Waals surface area contributed by atoms with Crippen molar-refractivity contribution in [3.8, 4) is 0 Å². The van der Waals surface area contributed by atoms with Crippen molar-refractivity contribution >= 4 is 21.6 Å². The van der Waals surface area contributed by atoms with E-state index < -0.39 is 17.6 Å². The molecule has 1 nitrogen and oxygen atoms in total. The lowest BCUT2D eigenvalue weighted by molar-refractivity contribution is -0.136. The molecule has 0 amide bonds. The van der Waals surface area contributed by atoms with E-state index in [1.807, 2.05) is 0 Å². The Morgan fingerprint density at radius 2 is 1.75 bits per heavy atom. The minimum absolute atomic E-state index is 0.0274. The van der Waals surface area contributed by atoms with Crippen LogP contribution in [0.25, 0.3) is 0 Å². The second-order valence-electron chi connectivity index (χ2n) is 4.17. The van der Waals surface area contributed by atoms with Crippen LogP contribution in [0.4, 0.5) is 23.2 Å². The van der Waals surface area contributed by atoms with Crippen LogP contribution in [0.1, 0.15) is 11.1 Å². The summed E-state index contributed by atoms with van der Waals surface area (Å²) in [7, 11) is 0. The van der Waals surface area contributed by atoms with Crippen LogP contribution >= 0.6 is 15.9 Å². The predicted molar refractivity (Wildman–Crippen MR) is 72.9 cm³/mol. The van der Waals surface area contributed by atoms with Gasteiger partial charge in [-0.3, -0.25) is 0 Å². The highest BCUT2D eigenvalue weighted by Crippen LogP contribution is 2.34. The molecule has 0 bridgehead atoms. The number of alkyl halides is 3. The Balaban J connectivity index is 2.19. The fraction of sp³-hybridized carbons (Fsp3) is 0.143. The van der Waals surface area contributed by atoms with Crippen LogP contribution in [0.5, 0.6) is 0 Å². The SMILES string of the molecule is Fc1cc(Br)cc(CNc2ccccc2C(F)(F)F)c1. The Bertz CT molecular complexity index is 590. The van der Waals surface area contributed by atoms with Gasteiger partial charge in [-0.2, -0.15) is 13.2 Å². The molecule has 2 aromatic carbocycles. The van der Waals surface area contributed by atoms with Crippen LogP contribution in [-0.2, 0) is 12.7 Å². The van der Waals surface area contributed by atoms with Crippen LogP contribution in [-0.4, -0.2) is 0 Å². The van der Waals surface area contributed by atoms with Gasteiger partial charge in [0.05, 0.1) is 5.56 Å². The molecule has 0 radical (unpaired) electrons. The number of benzene rings is 2. The van der Waals surface area contributed by atoms with Gasteiger partial charge in [-0.25, -0.2) is 4.39 Å². The first-order chi connectivity index (χ1) is 9.36. The molecule has 0 aromatic heterocycles. The lowest BCUT2D eigenvalue weighted by Crippen LogP contribution is -2.10. The fourth-order valence-corrected chi connectivity index (χ4v) is 2.31. The summed E-state index contributed by atoms with van der Waals surface area (Å²) in [6.45, 7) is 0.101. The van der Waals surface area contributed by atoms with Crippen molar-refractivity contribution in [2.24, 2.45) is 0 Å². The van der Waals surface area contributed by atoms with Crippen molar-refractivity contribution < 1.29 is 17.6 Å². The molecule has 2 rings (SSSR count). The Hall–Kier alpha value is -1.56. The molecular weight excluding hydrogens is 338 g/mol. The van der Waals surface area contributed by atoms with Gasteiger partial charge in [-0.1, -0.05) is 28.1 Å². The molecule has 0 saturated heterocycles. The minimum atomic E-state index is -4.42. The number of anilines is 1. The van der Waals surface area contributed by atoms with E-state index in [1.54, 1.807) is 6.07 Å². The highest BCUT2D eigenvalue weighted by molar-refractivity contribution is 9.10. The number of hydrogen-bond donors (Lipinski definition) is 1.